The van der Waals surface area contributed by atoms with E-state index in [9.17, 15) is 9.18 Å². The van der Waals surface area contributed by atoms with Crippen LogP contribution in [0.15, 0.2) is 47.6 Å². The summed E-state index contributed by atoms with van der Waals surface area (Å²) in [7, 11) is 0. The van der Waals surface area contributed by atoms with Crippen LogP contribution in [0, 0.1) is 5.82 Å². The summed E-state index contributed by atoms with van der Waals surface area (Å²) in [5.41, 5.74) is 0.564. The van der Waals surface area contributed by atoms with Gasteiger partial charge in [0.1, 0.15) is 11.6 Å². The standard InChI is InChI=1S/C20H19Cl2FN4O2S/c1-3-27-19(12(2)29-15-7-4-13(23)5-8-15)25-26-20(27)30-11-18(28)24-14-6-9-16(21)17(22)10-14/h4-10,12H,3,11H2,1-2H3,(H,24,28). The molecule has 1 heterocycles. The van der Waals surface area contributed by atoms with Crippen LogP contribution in [0.4, 0.5) is 10.1 Å². The number of hydrogen-bond donors (Lipinski definition) is 1. The molecule has 2 aromatic carbocycles. The Morgan fingerprint density at radius 3 is 2.60 bits per heavy atom. The number of ether oxygens (including phenoxy) is 1. The molecule has 1 atom stereocenters. The highest BCUT2D eigenvalue weighted by Crippen LogP contribution is 2.27. The van der Waals surface area contributed by atoms with Gasteiger partial charge in [0, 0.05) is 12.2 Å². The largest absolute Gasteiger partial charge is 0.483 e. The number of nitrogens with zero attached hydrogens (tertiary/aromatic N) is 3. The number of aromatic nitrogens is 3. The van der Waals surface area contributed by atoms with Gasteiger partial charge in [-0.2, -0.15) is 0 Å². The van der Waals surface area contributed by atoms with Crippen molar-refractivity contribution in [2.45, 2.75) is 31.7 Å². The minimum Gasteiger partial charge on any atom is -0.483 e. The number of halogens is 3. The molecule has 1 N–H and O–H groups in total. The highest BCUT2D eigenvalue weighted by atomic mass is 35.5. The van der Waals surface area contributed by atoms with Crippen LogP contribution >= 0.6 is 35.0 Å². The molecule has 1 aromatic heterocycles. The first-order chi connectivity index (χ1) is 14.4. The predicted molar refractivity (Wildman–Crippen MR) is 117 cm³/mol. The SMILES string of the molecule is CCn1c(SCC(=O)Nc2ccc(Cl)c(Cl)c2)nnc1C(C)Oc1ccc(F)cc1. The number of carbonyl (C=O) groups excluding carboxylic acids is 1. The fourth-order valence-electron chi connectivity index (χ4n) is 2.68. The molecule has 0 saturated carbocycles. The van der Waals surface area contributed by atoms with Gasteiger partial charge in [0.05, 0.1) is 15.8 Å². The van der Waals surface area contributed by atoms with Crippen LogP contribution in [0.1, 0.15) is 25.8 Å². The van der Waals surface area contributed by atoms with Crippen molar-refractivity contribution in [1.29, 1.82) is 0 Å². The zero-order valence-electron chi connectivity index (χ0n) is 16.2. The van der Waals surface area contributed by atoms with E-state index in [0.717, 1.165) is 0 Å². The smallest absolute Gasteiger partial charge is 0.234 e. The first-order valence-electron chi connectivity index (χ1n) is 9.10. The molecule has 6 nitrogen and oxygen atoms in total. The molecule has 3 rings (SSSR count). The van der Waals surface area contributed by atoms with Gasteiger partial charge in [-0.1, -0.05) is 35.0 Å². The van der Waals surface area contributed by atoms with E-state index in [1.54, 1.807) is 30.3 Å². The lowest BCUT2D eigenvalue weighted by Gasteiger charge is -2.15. The number of carbonyl (C=O) groups is 1. The summed E-state index contributed by atoms with van der Waals surface area (Å²) in [5, 5.41) is 12.6. The van der Waals surface area contributed by atoms with Crippen molar-refractivity contribution in [2.75, 3.05) is 11.1 Å². The lowest BCUT2D eigenvalue weighted by Crippen LogP contribution is -2.15. The Labute approximate surface area is 187 Å². The average Bonchev–Trinajstić information content (AvgIpc) is 3.14. The van der Waals surface area contributed by atoms with Crippen molar-refractivity contribution in [1.82, 2.24) is 14.8 Å². The van der Waals surface area contributed by atoms with Crippen molar-refractivity contribution in [3.05, 3.63) is 64.2 Å². The third-order valence-corrected chi connectivity index (χ3v) is 5.79. The molecule has 0 fully saturated rings. The molecular weight excluding hydrogens is 450 g/mol. The number of rotatable bonds is 8. The van der Waals surface area contributed by atoms with Gasteiger partial charge in [0.2, 0.25) is 5.91 Å². The van der Waals surface area contributed by atoms with E-state index < -0.39 is 6.10 Å². The minimum absolute atomic E-state index is 0.144. The summed E-state index contributed by atoms with van der Waals surface area (Å²) in [4.78, 5) is 12.3. The van der Waals surface area contributed by atoms with Gasteiger partial charge >= 0.3 is 0 Å². The van der Waals surface area contributed by atoms with E-state index in [4.69, 9.17) is 27.9 Å². The molecule has 0 aliphatic heterocycles. The molecule has 3 aromatic rings. The Kier molecular flexibility index (Phi) is 7.58. The Bertz CT molecular complexity index is 1030. The molecule has 158 valence electrons. The fraction of sp³-hybridized carbons (Fsp3) is 0.250. The van der Waals surface area contributed by atoms with E-state index in [1.165, 1.54) is 23.9 Å². The minimum atomic E-state index is -0.401. The molecule has 0 saturated heterocycles. The number of anilines is 1. The van der Waals surface area contributed by atoms with E-state index >= 15 is 0 Å². The predicted octanol–water partition coefficient (Wildman–Crippen LogP) is 5.61. The summed E-state index contributed by atoms with van der Waals surface area (Å²) in [6.45, 7) is 4.40. The first-order valence-corrected chi connectivity index (χ1v) is 10.8. The van der Waals surface area contributed by atoms with Gasteiger partial charge in [0.15, 0.2) is 17.1 Å². The Balaban J connectivity index is 1.62. The van der Waals surface area contributed by atoms with Crippen LogP contribution in [0.2, 0.25) is 10.0 Å². The number of hydrogen-bond acceptors (Lipinski definition) is 5. The summed E-state index contributed by atoms with van der Waals surface area (Å²) in [6, 6.07) is 10.7. The Morgan fingerprint density at radius 1 is 1.20 bits per heavy atom. The molecule has 30 heavy (non-hydrogen) atoms. The maximum atomic E-state index is 13.1. The van der Waals surface area contributed by atoms with E-state index in [2.05, 4.69) is 15.5 Å². The van der Waals surface area contributed by atoms with Gasteiger partial charge in [-0.3, -0.25) is 4.79 Å². The van der Waals surface area contributed by atoms with Gasteiger partial charge in [-0.25, -0.2) is 4.39 Å². The maximum absolute atomic E-state index is 13.1. The Hall–Kier alpha value is -2.29. The van der Waals surface area contributed by atoms with Gasteiger partial charge in [-0.05, 0) is 56.3 Å². The van der Waals surface area contributed by atoms with Crippen molar-refractivity contribution in [2.24, 2.45) is 0 Å². The second kappa shape index (κ2) is 10.1. The van der Waals surface area contributed by atoms with Crippen LogP contribution < -0.4 is 10.1 Å². The monoisotopic (exact) mass is 468 g/mol. The van der Waals surface area contributed by atoms with E-state index in [-0.39, 0.29) is 17.5 Å². The van der Waals surface area contributed by atoms with Crippen molar-refractivity contribution >= 4 is 46.6 Å². The summed E-state index contributed by atoms with van der Waals surface area (Å²) in [5.74, 6) is 0.760. The second-order valence-electron chi connectivity index (χ2n) is 6.26. The van der Waals surface area contributed by atoms with Crippen LogP contribution in [0.5, 0.6) is 5.75 Å². The molecule has 0 aliphatic carbocycles. The van der Waals surface area contributed by atoms with Crippen LogP contribution in [-0.2, 0) is 11.3 Å². The highest BCUT2D eigenvalue weighted by molar-refractivity contribution is 7.99. The highest BCUT2D eigenvalue weighted by Gasteiger charge is 2.19. The maximum Gasteiger partial charge on any atom is 0.234 e. The lowest BCUT2D eigenvalue weighted by atomic mass is 10.3. The molecule has 0 spiro atoms. The third kappa shape index (κ3) is 5.65. The Morgan fingerprint density at radius 2 is 1.93 bits per heavy atom. The van der Waals surface area contributed by atoms with Gasteiger partial charge in [-0.15, -0.1) is 10.2 Å². The normalized spacial score (nSPS) is 11.9. The van der Waals surface area contributed by atoms with Crippen molar-refractivity contribution in [3.8, 4) is 5.75 Å². The first kappa shape index (κ1) is 22.4. The number of benzene rings is 2. The number of nitrogens with one attached hydrogen (secondary N) is 1. The zero-order chi connectivity index (χ0) is 21.7. The molecule has 10 heteroatoms. The number of thioether (sulfide) groups is 1. The fourth-order valence-corrected chi connectivity index (χ4v) is 3.78. The molecular formula is C20H19Cl2FN4O2S. The van der Waals surface area contributed by atoms with Crippen LogP contribution in [0.25, 0.3) is 0 Å². The van der Waals surface area contributed by atoms with Crippen LogP contribution in [-0.4, -0.2) is 26.4 Å². The molecule has 0 radical (unpaired) electrons. The average molecular weight is 469 g/mol. The molecule has 0 bridgehead atoms. The molecule has 1 unspecified atom stereocenters. The van der Waals surface area contributed by atoms with Gasteiger partial charge in [0.25, 0.3) is 0 Å². The third-order valence-electron chi connectivity index (χ3n) is 4.09. The van der Waals surface area contributed by atoms with Crippen molar-refractivity contribution < 1.29 is 13.9 Å². The second-order valence-corrected chi connectivity index (χ2v) is 8.02. The lowest BCUT2D eigenvalue weighted by molar-refractivity contribution is -0.113. The summed E-state index contributed by atoms with van der Waals surface area (Å²) >= 11 is 13.1. The summed E-state index contributed by atoms with van der Waals surface area (Å²) < 4.78 is 20.8. The van der Waals surface area contributed by atoms with Crippen molar-refractivity contribution in [3.63, 3.8) is 0 Å². The quantitative estimate of drug-likeness (QED) is 0.434. The number of amides is 1. The molecule has 1 amide bonds. The van der Waals surface area contributed by atoms with Crippen LogP contribution in [0.3, 0.4) is 0 Å². The topological polar surface area (TPSA) is 69.0 Å². The van der Waals surface area contributed by atoms with Gasteiger partial charge < -0.3 is 14.6 Å². The molecule has 0 aliphatic rings. The van der Waals surface area contributed by atoms with E-state index in [1.807, 2.05) is 18.4 Å². The zero-order valence-corrected chi connectivity index (χ0v) is 18.6. The summed E-state index contributed by atoms with van der Waals surface area (Å²) in [6.07, 6.45) is -0.401. The van der Waals surface area contributed by atoms with E-state index in [0.29, 0.717) is 39.0 Å².